The van der Waals surface area contributed by atoms with E-state index in [1.807, 2.05) is 30.3 Å². The molecule has 0 saturated heterocycles. The zero-order valence-corrected chi connectivity index (χ0v) is 11.2. The predicted octanol–water partition coefficient (Wildman–Crippen LogP) is 2.08. The summed E-state index contributed by atoms with van der Waals surface area (Å²) < 4.78 is 5.02. The molecule has 0 radical (unpaired) electrons. The van der Waals surface area contributed by atoms with E-state index < -0.39 is 18.6 Å². The highest BCUT2D eigenvalue weighted by Gasteiger charge is 2.17. The van der Waals surface area contributed by atoms with Gasteiger partial charge in [-0.2, -0.15) is 0 Å². The van der Waals surface area contributed by atoms with E-state index in [4.69, 9.17) is 21.7 Å². The minimum atomic E-state index is -1.09. The first kappa shape index (κ1) is 14.5. The number of amides is 1. The van der Waals surface area contributed by atoms with Crippen molar-refractivity contribution in [1.29, 1.82) is 0 Å². The number of benzene rings is 1. The molecule has 0 heterocycles. The minimum absolute atomic E-state index is 0.115. The molecule has 7 heteroatoms. The Hall–Kier alpha value is -1.52. The quantitative estimate of drug-likeness (QED) is 0.810. The van der Waals surface area contributed by atoms with Crippen LogP contribution in [-0.2, 0) is 27.9 Å². The molecule has 0 spiro atoms. The number of carboxylic acid groups (broad SMARTS) is 1. The molecule has 0 unspecified atom stereocenters. The Bertz CT molecular complexity index is 426. The third-order valence-corrected chi connectivity index (χ3v) is 2.82. The van der Waals surface area contributed by atoms with Gasteiger partial charge in [-0.1, -0.05) is 42.1 Å². The molecule has 5 nitrogen and oxygen atoms in total. The highest BCUT2D eigenvalue weighted by atomic mass is 32.4. The molecule has 0 aliphatic rings. The standard InChI is InChI=1S/C11H12NO4PS/c13-10(14)6-12(8-17-18)11(15)16-7-9-4-2-1-3-5-9/h1-5H,6-8H2,(H,13,14). The summed E-state index contributed by atoms with van der Waals surface area (Å²) in [5.74, 6) is -1.09. The van der Waals surface area contributed by atoms with Crippen LogP contribution in [0.5, 0.6) is 0 Å². The molecule has 0 atom stereocenters. The molecule has 18 heavy (non-hydrogen) atoms. The first-order valence-corrected chi connectivity index (χ1v) is 7.19. The maximum Gasteiger partial charge on any atom is 0.411 e. The molecular formula is C11H12NO4PS. The number of rotatable bonds is 6. The zero-order chi connectivity index (χ0) is 13.4. The van der Waals surface area contributed by atoms with Crippen molar-refractivity contribution >= 4 is 31.2 Å². The van der Waals surface area contributed by atoms with Crippen LogP contribution in [0.15, 0.2) is 30.3 Å². The smallest absolute Gasteiger partial charge is 0.411 e. The van der Waals surface area contributed by atoms with Crippen LogP contribution >= 0.6 is 7.36 Å². The minimum Gasteiger partial charge on any atom is -0.480 e. The maximum atomic E-state index is 11.6. The number of ether oxygens (including phenoxy) is 1. The van der Waals surface area contributed by atoms with Crippen LogP contribution in [-0.4, -0.2) is 34.9 Å². The van der Waals surface area contributed by atoms with E-state index in [0.717, 1.165) is 10.5 Å². The van der Waals surface area contributed by atoms with Gasteiger partial charge in [0.25, 0.3) is 0 Å². The maximum absolute atomic E-state index is 11.6. The first-order chi connectivity index (χ1) is 8.63. The van der Waals surface area contributed by atoms with Crippen LogP contribution in [0.25, 0.3) is 0 Å². The lowest BCUT2D eigenvalue weighted by Gasteiger charge is -2.17. The summed E-state index contributed by atoms with van der Waals surface area (Å²) in [6.45, 7) is -0.290. The highest BCUT2D eigenvalue weighted by Crippen LogP contribution is 2.06. The van der Waals surface area contributed by atoms with Crippen LogP contribution in [0.3, 0.4) is 0 Å². The third-order valence-electron chi connectivity index (χ3n) is 2.02. The van der Waals surface area contributed by atoms with E-state index in [-0.39, 0.29) is 12.9 Å². The van der Waals surface area contributed by atoms with Gasteiger partial charge in [0.15, 0.2) is 0 Å². The highest BCUT2D eigenvalue weighted by molar-refractivity contribution is 7.96. The number of aliphatic carboxylic acids is 1. The summed E-state index contributed by atoms with van der Waals surface area (Å²) in [6.07, 6.45) is -0.506. The summed E-state index contributed by atoms with van der Waals surface area (Å²) in [4.78, 5) is 23.3. The molecule has 0 bridgehead atoms. The summed E-state index contributed by atoms with van der Waals surface area (Å²) >= 11 is 4.71. The van der Waals surface area contributed by atoms with Gasteiger partial charge in [0.2, 0.25) is 0 Å². The van der Waals surface area contributed by atoms with E-state index in [1.165, 1.54) is 0 Å². The molecule has 1 rings (SSSR count). The molecule has 0 aliphatic heterocycles. The average molecular weight is 285 g/mol. The van der Waals surface area contributed by atoms with E-state index in [2.05, 4.69) is 0 Å². The van der Waals surface area contributed by atoms with E-state index >= 15 is 0 Å². The second kappa shape index (κ2) is 7.74. The summed E-state index contributed by atoms with van der Waals surface area (Å²) in [7, 11) is 0.497. The van der Waals surface area contributed by atoms with Crippen LogP contribution in [0.4, 0.5) is 4.79 Å². The van der Waals surface area contributed by atoms with Crippen molar-refractivity contribution in [2.75, 3.05) is 12.8 Å². The Balaban J connectivity index is 2.51. The molecule has 0 fully saturated rings. The molecule has 1 aromatic carbocycles. The number of nitrogens with zero attached hydrogens (tertiary/aromatic N) is 1. The second-order valence-electron chi connectivity index (χ2n) is 3.40. The second-order valence-corrected chi connectivity index (χ2v) is 4.72. The van der Waals surface area contributed by atoms with Gasteiger partial charge in [0, 0.05) is 0 Å². The Morgan fingerprint density at radius 1 is 1.33 bits per heavy atom. The molecule has 0 aliphatic carbocycles. The number of carbonyl (C=O) groups excluding carboxylic acids is 1. The number of carbonyl (C=O) groups is 2. The lowest BCUT2D eigenvalue weighted by atomic mass is 10.2. The van der Waals surface area contributed by atoms with Gasteiger partial charge in [-0.25, -0.2) is 4.79 Å². The average Bonchev–Trinajstić information content (AvgIpc) is 2.36. The number of hydrogen-bond donors (Lipinski definition) is 1. The van der Waals surface area contributed by atoms with Crippen molar-refractivity contribution in [2.24, 2.45) is 0 Å². The van der Waals surface area contributed by atoms with Crippen molar-refractivity contribution in [3.05, 3.63) is 35.9 Å². The molecule has 96 valence electrons. The molecule has 1 amide bonds. The number of hydrogen-bond acceptors (Lipinski definition) is 4. The normalized spacial score (nSPS) is 10.0. The van der Waals surface area contributed by atoms with Crippen LogP contribution in [0, 0.1) is 0 Å². The van der Waals surface area contributed by atoms with E-state index in [9.17, 15) is 9.59 Å². The Morgan fingerprint density at radius 2 is 2.00 bits per heavy atom. The van der Waals surface area contributed by atoms with Crippen molar-refractivity contribution < 1.29 is 19.4 Å². The van der Waals surface area contributed by atoms with Crippen molar-refractivity contribution in [3.63, 3.8) is 0 Å². The molecule has 0 saturated carbocycles. The van der Waals surface area contributed by atoms with Crippen LogP contribution in [0.2, 0.25) is 0 Å². The monoisotopic (exact) mass is 285 g/mol. The topological polar surface area (TPSA) is 66.8 Å². The van der Waals surface area contributed by atoms with Gasteiger partial charge in [0.1, 0.15) is 13.2 Å². The van der Waals surface area contributed by atoms with Crippen molar-refractivity contribution in [2.45, 2.75) is 6.61 Å². The molecule has 1 aromatic rings. The fourth-order valence-electron chi connectivity index (χ4n) is 1.22. The number of carboxylic acids is 1. The van der Waals surface area contributed by atoms with Gasteiger partial charge in [0.05, 0.1) is 6.29 Å². The zero-order valence-electron chi connectivity index (χ0n) is 9.48. The van der Waals surface area contributed by atoms with Gasteiger partial charge < -0.3 is 9.84 Å². The van der Waals surface area contributed by atoms with Crippen molar-refractivity contribution in [3.8, 4) is 0 Å². The lowest BCUT2D eigenvalue weighted by molar-refractivity contribution is -0.137. The fourth-order valence-corrected chi connectivity index (χ4v) is 1.99. The summed E-state index contributed by atoms with van der Waals surface area (Å²) in [5.41, 5.74) is 0.844. The SMILES string of the molecule is O=C(O)CN(CP=S)C(=O)OCc1ccccc1. The summed E-state index contributed by atoms with van der Waals surface area (Å²) in [5, 5.41) is 8.66. The Kier molecular flexibility index (Phi) is 6.25. The lowest BCUT2D eigenvalue weighted by Crippen LogP contribution is -2.35. The summed E-state index contributed by atoms with van der Waals surface area (Å²) in [6, 6.07) is 9.17. The predicted molar refractivity (Wildman–Crippen MR) is 70.1 cm³/mol. The van der Waals surface area contributed by atoms with E-state index in [0.29, 0.717) is 7.36 Å². The fraction of sp³-hybridized carbons (Fsp3) is 0.273. The van der Waals surface area contributed by atoms with Gasteiger partial charge >= 0.3 is 12.1 Å². The largest absolute Gasteiger partial charge is 0.480 e. The van der Waals surface area contributed by atoms with Crippen LogP contribution < -0.4 is 0 Å². The Labute approximate surface area is 111 Å². The third kappa shape index (κ3) is 5.21. The molecular weight excluding hydrogens is 273 g/mol. The molecule has 0 aromatic heterocycles. The van der Waals surface area contributed by atoms with E-state index in [1.54, 1.807) is 0 Å². The Morgan fingerprint density at radius 3 is 2.56 bits per heavy atom. The van der Waals surface area contributed by atoms with Gasteiger partial charge in [-0.05, 0) is 12.9 Å². The molecule has 1 N–H and O–H groups in total. The van der Waals surface area contributed by atoms with Gasteiger partial charge in [-0.3, -0.25) is 9.69 Å². The van der Waals surface area contributed by atoms with Crippen LogP contribution in [0.1, 0.15) is 5.56 Å². The van der Waals surface area contributed by atoms with Gasteiger partial charge in [-0.15, -0.1) is 0 Å². The first-order valence-electron chi connectivity index (χ1n) is 5.10. The van der Waals surface area contributed by atoms with Crippen molar-refractivity contribution in [1.82, 2.24) is 4.90 Å².